The van der Waals surface area contributed by atoms with Crippen LogP contribution in [0, 0.1) is 6.92 Å². The van der Waals surface area contributed by atoms with Crippen molar-refractivity contribution < 1.29 is 14.3 Å². The molecular formula is C23H25N7O3S. The Morgan fingerprint density at radius 2 is 2.15 bits per heavy atom. The average molecular weight is 480 g/mol. The Morgan fingerprint density at radius 1 is 1.26 bits per heavy atom. The van der Waals surface area contributed by atoms with Gasteiger partial charge in [0.1, 0.15) is 16.1 Å². The molecule has 0 aliphatic carbocycles. The number of hydrogen-bond donors (Lipinski definition) is 2. The van der Waals surface area contributed by atoms with Crippen LogP contribution in [0.5, 0.6) is 5.75 Å². The van der Waals surface area contributed by atoms with Crippen molar-refractivity contribution in [3.63, 3.8) is 0 Å². The number of esters is 1. The molecule has 176 valence electrons. The van der Waals surface area contributed by atoms with E-state index in [1.165, 1.54) is 16.9 Å². The van der Waals surface area contributed by atoms with Gasteiger partial charge in [-0.3, -0.25) is 5.32 Å². The predicted molar refractivity (Wildman–Crippen MR) is 130 cm³/mol. The summed E-state index contributed by atoms with van der Waals surface area (Å²) in [5.41, 5.74) is 4.37. The van der Waals surface area contributed by atoms with E-state index in [0.29, 0.717) is 46.3 Å². The summed E-state index contributed by atoms with van der Waals surface area (Å²) in [6, 6.07) is 6.24. The minimum absolute atomic E-state index is 0.311. The Labute approximate surface area is 200 Å². The number of ether oxygens (including phenoxy) is 2. The molecule has 10 nitrogen and oxygen atoms in total. The van der Waals surface area contributed by atoms with E-state index in [4.69, 9.17) is 14.5 Å². The maximum atomic E-state index is 12.1. The SMILES string of the molecule is CCOC(=O)c1sc(Nc2nc(NCc3ccc4c(c3)CCO4)c3c(ncn3CC)n2)nc1C. The molecule has 0 bridgehead atoms. The van der Waals surface area contributed by atoms with Crippen LogP contribution in [0.4, 0.5) is 16.9 Å². The molecule has 0 unspecified atom stereocenters. The van der Waals surface area contributed by atoms with Crippen LogP contribution in [-0.2, 0) is 24.2 Å². The fraction of sp³-hybridized carbons (Fsp3) is 0.348. The van der Waals surface area contributed by atoms with Crippen molar-refractivity contribution in [3.05, 3.63) is 46.2 Å². The Bertz CT molecular complexity index is 1360. The Balaban J connectivity index is 1.43. The van der Waals surface area contributed by atoms with Gasteiger partial charge in [-0.1, -0.05) is 23.5 Å². The fourth-order valence-corrected chi connectivity index (χ4v) is 4.72. The number of fused-ring (bicyclic) bond motifs is 2. The molecule has 5 rings (SSSR count). The van der Waals surface area contributed by atoms with Crippen LogP contribution in [0.2, 0.25) is 0 Å². The van der Waals surface area contributed by atoms with E-state index in [0.717, 1.165) is 36.4 Å². The summed E-state index contributed by atoms with van der Waals surface area (Å²) in [7, 11) is 0. The van der Waals surface area contributed by atoms with E-state index >= 15 is 0 Å². The van der Waals surface area contributed by atoms with E-state index in [2.05, 4.69) is 37.7 Å². The van der Waals surface area contributed by atoms with Gasteiger partial charge in [0.05, 0.1) is 25.2 Å². The number of aromatic nitrogens is 5. The molecule has 0 spiro atoms. The van der Waals surface area contributed by atoms with Crippen molar-refractivity contribution in [1.29, 1.82) is 0 Å². The van der Waals surface area contributed by atoms with E-state index in [9.17, 15) is 4.79 Å². The summed E-state index contributed by atoms with van der Waals surface area (Å²) >= 11 is 1.21. The van der Waals surface area contributed by atoms with E-state index in [-0.39, 0.29) is 5.97 Å². The third kappa shape index (κ3) is 4.26. The molecule has 0 fully saturated rings. The van der Waals surface area contributed by atoms with E-state index < -0.39 is 0 Å². The van der Waals surface area contributed by atoms with Crippen molar-refractivity contribution in [2.24, 2.45) is 0 Å². The molecule has 4 aromatic rings. The van der Waals surface area contributed by atoms with E-state index in [1.807, 2.05) is 17.6 Å². The summed E-state index contributed by atoms with van der Waals surface area (Å²) < 4.78 is 12.7. The first kappa shape index (κ1) is 22.1. The number of rotatable bonds is 8. The Hall–Kier alpha value is -3.73. The van der Waals surface area contributed by atoms with Crippen LogP contribution in [0.25, 0.3) is 11.2 Å². The van der Waals surface area contributed by atoms with Crippen LogP contribution in [0.3, 0.4) is 0 Å². The second-order valence-electron chi connectivity index (χ2n) is 7.77. The molecule has 0 atom stereocenters. The zero-order valence-electron chi connectivity index (χ0n) is 19.2. The Morgan fingerprint density at radius 3 is 2.97 bits per heavy atom. The number of aryl methyl sites for hydroxylation is 2. The van der Waals surface area contributed by atoms with Gasteiger partial charge < -0.3 is 19.4 Å². The van der Waals surface area contributed by atoms with Gasteiger partial charge in [0, 0.05) is 19.5 Å². The maximum Gasteiger partial charge on any atom is 0.350 e. The number of carbonyl (C=O) groups is 1. The first-order valence-corrected chi connectivity index (χ1v) is 12.0. The summed E-state index contributed by atoms with van der Waals surface area (Å²) in [4.78, 5) is 30.8. The lowest BCUT2D eigenvalue weighted by atomic mass is 10.1. The molecule has 4 heterocycles. The minimum atomic E-state index is -0.384. The second-order valence-corrected chi connectivity index (χ2v) is 8.77. The number of nitrogens with one attached hydrogen (secondary N) is 2. The van der Waals surface area contributed by atoms with Crippen LogP contribution < -0.4 is 15.4 Å². The molecule has 0 amide bonds. The van der Waals surface area contributed by atoms with Gasteiger partial charge in [0.15, 0.2) is 16.6 Å². The summed E-state index contributed by atoms with van der Waals surface area (Å²) in [5, 5.41) is 7.09. The second kappa shape index (κ2) is 9.26. The molecule has 34 heavy (non-hydrogen) atoms. The van der Waals surface area contributed by atoms with Crippen LogP contribution >= 0.6 is 11.3 Å². The first-order valence-electron chi connectivity index (χ1n) is 11.2. The lowest BCUT2D eigenvalue weighted by Gasteiger charge is -2.11. The van der Waals surface area contributed by atoms with Gasteiger partial charge in [-0.15, -0.1) is 0 Å². The average Bonchev–Trinajstić information content (AvgIpc) is 3.55. The highest BCUT2D eigenvalue weighted by molar-refractivity contribution is 7.17. The van der Waals surface area contributed by atoms with Crippen molar-refractivity contribution in [3.8, 4) is 5.75 Å². The number of thiazole rings is 1. The summed E-state index contributed by atoms with van der Waals surface area (Å²) in [6.45, 7) is 7.98. The molecule has 0 saturated carbocycles. The number of benzene rings is 1. The molecule has 1 aliphatic heterocycles. The number of imidazole rings is 1. The van der Waals surface area contributed by atoms with Gasteiger partial charge in [0.25, 0.3) is 0 Å². The van der Waals surface area contributed by atoms with Crippen LogP contribution in [-0.4, -0.2) is 43.7 Å². The zero-order chi connectivity index (χ0) is 23.7. The highest BCUT2D eigenvalue weighted by Gasteiger charge is 2.19. The molecule has 0 saturated heterocycles. The first-order chi connectivity index (χ1) is 16.6. The van der Waals surface area contributed by atoms with Crippen molar-refractivity contribution in [2.75, 3.05) is 23.8 Å². The Kier molecular flexibility index (Phi) is 6.01. The maximum absolute atomic E-state index is 12.1. The van der Waals surface area contributed by atoms with Crippen LogP contribution in [0.15, 0.2) is 24.5 Å². The zero-order valence-corrected chi connectivity index (χ0v) is 20.0. The van der Waals surface area contributed by atoms with Gasteiger partial charge in [-0.2, -0.15) is 9.97 Å². The van der Waals surface area contributed by atoms with Gasteiger partial charge in [-0.05, 0) is 38.0 Å². The van der Waals surface area contributed by atoms with Gasteiger partial charge in [-0.25, -0.2) is 14.8 Å². The largest absolute Gasteiger partial charge is 0.493 e. The van der Waals surface area contributed by atoms with E-state index in [1.54, 1.807) is 20.2 Å². The summed E-state index contributed by atoms with van der Waals surface area (Å²) in [6.07, 6.45) is 2.69. The monoisotopic (exact) mass is 479 g/mol. The predicted octanol–water partition coefficient (Wildman–Crippen LogP) is 4.08. The number of anilines is 3. The normalized spacial score (nSPS) is 12.4. The molecule has 1 aliphatic rings. The van der Waals surface area contributed by atoms with Crippen molar-refractivity contribution in [1.82, 2.24) is 24.5 Å². The van der Waals surface area contributed by atoms with Crippen molar-refractivity contribution in [2.45, 2.75) is 40.3 Å². The molecule has 0 radical (unpaired) electrons. The number of carbonyl (C=O) groups excluding carboxylic acids is 1. The van der Waals surface area contributed by atoms with Crippen LogP contribution in [0.1, 0.15) is 40.3 Å². The molecule has 3 aromatic heterocycles. The highest BCUT2D eigenvalue weighted by Crippen LogP contribution is 2.29. The van der Waals surface area contributed by atoms with Crippen molar-refractivity contribution >= 4 is 45.4 Å². The standard InChI is InChI=1S/C23H25N7O3S/c1-4-30-12-25-20-17(30)19(24-11-14-6-7-16-15(10-14)8-9-33-16)27-22(28-20)29-23-26-13(3)18(34-23)21(31)32-5-2/h6-7,10,12H,4-5,8-9,11H2,1-3H3,(H2,24,26,27,28,29). The smallest absolute Gasteiger partial charge is 0.350 e. The third-order valence-electron chi connectivity index (χ3n) is 5.50. The lowest BCUT2D eigenvalue weighted by Crippen LogP contribution is -2.07. The molecule has 11 heteroatoms. The fourth-order valence-electron chi connectivity index (χ4n) is 3.87. The summed E-state index contributed by atoms with van der Waals surface area (Å²) in [5.74, 6) is 1.60. The van der Waals surface area contributed by atoms with Gasteiger partial charge >= 0.3 is 5.97 Å². The number of nitrogens with zero attached hydrogens (tertiary/aromatic N) is 5. The quantitative estimate of drug-likeness (QED) is 0.361. The third-order valence-corrected chi connectivity index (χ3v) is 6.56. The lowest BCUT2D eigenvalue weighted by molar-refractivity contribution is 0.0531. The molecule has 1 aromatic carbocycles. The molecule has 2 N–H and O–H groups in total. The topological polar surface area (TPSA) is 116 Å². The minimum Gasteiger partial charge on any atom is -0.493 e. The highest BCUT2D eigenvalue weighted by atomic mass is 32.1. The molecular weight excluding hydrogens is 454 g/mol. The van der Waals surface area contributed by atoms with Gasteiger partial charge in [0.2, 0.25) is 5.95 Å². The number of hydrogen-bond acceptors (Lipinski definition) is 10.